The highest BCUT2D eigenvalue weighted by molar-refractivity contribution is 5.58. The van der Waals surface area contributed by atoms with Crippen molar-refractivity contribution in [2.45, 2.75) is 58.1 Å². The third-order valence-electron chi connectivity index (χ3n) is 4.93. The first-order valence-electron chi connectivity index (χ1n) is 8.01. The van der Waals surface area contributed by atoms with Crippen molar-refractivity contribution in [2.24, 2.45) is 5.92 Å². The fourth-order valence-corrected chi connectivity index (χ4v) is 3.41. The van der Waals surface area contributed by atoms with Crippen LogP contribution in [-0.4, -0.2) is 18.2 Å². The van der Waals surface area contributed by atoms with Crippen molar-refractivity contribution in [1.82, 2.24) is 0 Å². The lowest BCUT2D eigenvalue weighted by molar-refractivity contribution is 0.199. The minimum atomic E-state index is -0.512. The number of hydrogen-bond acceptors (Lipinski definition) is 3. The minimum Gasteiger partial charge on any atom is -0.389 e. The van der Waals surface area contributed by atoms with Crippen LogP contribution in [0.1, 0.15) is 63.2 Å². The molecular weight excluding hydrogens is 260 g/mol. The van der Waals surface area contributed by atoms with Gasteiger partial charge in [0.1, 0.15) is 0 Å². The lowest BCUT2D eigenvalue weighted by Gasteiger charge is -2.37. The molecular formula is C18H26N2O. The number of nitriles is 1. The van der Waals surface area contributed by atoms with Gasteiger partial charge in [0.25, 0.3) is 0 Å². The monoisotopic (exact) mass is 286 g/mol. The molecule has 0 aromatic heterocycles. The molecule has 0 spiro atoms. The number of rotatable bonds is 4. The lowest BCUT2D eigenvalue weighted by atomic mass is 9.83. The number of hydrogen-bond donors (Lipinski definition) is 1. The van der Waals surface area contributed by atoms with E-state index in [0.29, 0.717) is 11.6 Å². The fourth-order valence-electron chi connectivity index (χ4n) is 3.41. The molecule has 0 saturated heterocycles. The van der Waals surface area contributed by atoms with E-state index < -0.39 is 6.10 Å². The molecule has 2 rings (SSSR count). The normalized spacial score (nSPS) is 23.4. The van der Waals surface area contributed by atoms with Crippen LogP contribution in [0.4, 0.5) is 5.69 Å². The van der Waals surface area contributed by atoms with Crippen LogP contribution in [-0.2, 0) is 0 Å². The first-order chi connectivity index (χ1) is 10.1. The molecule has 1 aromatic rings. The van der Waals surface area contributed by atoms with Crippen molar-refractivity contribution in [2.75, 3.05) is 11.9 Å². The minimum absolute atomic E-state index is 0.512. The van der Waals surface area contributed by atoms with Crippen molar-refractivity contribution in [3.63, 3.8) is 0 Å². The smallest absolute Gasteiger partial charge is 0.0992 e. The summed E-state index contributed by atoms with van der Waals surface area (Å²) in [5.41, 5.74) is 2.57. The molecule has 21 heavy (non-hydrogen) atoms. The van der Waals surface area contributed by atoms with Gasteiger partial charge in [-0.25, -0.2) is 0 Å². The topological polar surface area (TPSA) is 47.3 Å². The first-order valence-corrected chi connectivity index (χ1v) is 8.01. The van der Waals surface area contributed by atoms with Gasteiger partial charge in [-0.05, 0) is 50.7 Å². The highest BCUT2D eigenvalue weighted by Gasteiger charge is 2.25. The number of aliphatic hydroxyl groups is 1. The van der Waals surface area contributed by atoms with E-state index >= 15 is 0 Å². The van der Waals surface area contributed by atoms with Gasteiger partial charge in [-0.2, -0.15) is 5.26 Å². The quantitative estimate of drug-likeness (QED) is 0.909. The van der Waals surface area contributed by atoms with Crippen molar-refractivity contribution in [3.8, 4) is 6.07 Å². The highest BCUT2D eigenvalue weighted by atomic mass is 16.3. The summed E-state index contributed by atoms with van der Waals surface area (Å²) >= 11 is 0. The van der Waals surface area contributed by atoms with E-state index in [2.05, 4.69) is 24.9 Å². The maximum atomic E-state index is 9.99. The molecule has 1 N–H and O–H groups in total. The Kier molecular flexibility index (Phi) is 5.25. The van der Waals surface area contributed by atoms with Gasteiger partial charge in [0.15, 0.2) is 0 Å². The summed E-state index contributed by atoms with van der Waals surface area (Å²) in [7, 11) is 2.10. The summed E-state index contributed by atoms with van der Waals surface area (Å²) in [6, 6.07) is 8.29. The Hall–Kier alpha value is -1.53. The number of nitrogens with zero attached hydrogens (tertiary/aromatic N) is 2. The third kappa shape index (κ3) is 3.57. The van der Waals surface area contributed by atoms with E-state index in [-0.39, 0.29) is 0 Å². The highest BCUT2D eigenvalue weighted by Crippen LogP contribution is 2.34. The second kappa shape index (κ2) is 6.95. The summed E-state index contributed by atoms with van der Waals surface area (Å²) in [4.78, 5) is 2.27. The zero-order valence-corrected chi connectivity index (χ0v) is 13.3. The van der Waals surface area contributed by atoms with E-state index in [1.807, 2.05) is 12.1 Å². The molecule has 114 valence electrons. The molecule has 3 heteroatoms. The molecule has 0 aliphatic heterocycles. The van der Waals surface area contributed by atoms with Gasteiger partial charge < -0.3 is 10.0 Å². The third-order valence-corrected chi connectivity index (χ3v) is 4.93. The van der Waals surface area contributed by atoms with Crippen LogP contribution in [0.5, 0.6) is 0 Å². The lowest BCUT2D eigenvalue weighted by Crippen LogP contribution is -2.35. The van der Waals surface area contributed by atoms with Crippen LogP contribution in [0.15, 0.2) is 18.2 Å². The van der Waals surface area contributed by atoms with Crippen molar-refractivity contribution < 1.29 is 5.11 Å². The van der Waals surface area contributed by atoms with E-state index in [4.69, 9.17) is 5.26 Å². The summed E-state index contributed by atoms with van der Waals surface area (Å²) in [5, 5.41) is 19.1. The number of anilines is 1. The van der Waals surface area contributed by atoms with Gasteiger partial charge in [0.2, 0.25) is 0 Å². The van der Waals surface area contributed by atoms with E-state index in [1.165, 1.54) is 32.1 Å². The van der Waals surface area contributed by atoms with Gasteiger partial charge in [-0.1, -0.05) is 19.4 Å². The van der Waals surface area contributed by atoms with Crippen LogP contribution in [0, 0.1) is 17.2 Å². The summed E-state index contributed by atoms with van der Waals surface area (Å²) in [5.74, 6) is 0.872. The molecule has 0 amide bonds. The first kappa shape index (κ1) is 15.9. The van der Waals surface area contributed by atoms with Gasteiger partial charge in [0, 0.05) is 24.3 Å². The van der Waals surface area contributed by atoms with E-state index in [1.54, 1.807) is 13.0 Å². The Balaban J connectivity index is 2.22. The van der Waals surface area contributed by atoms with Crippen LogP contribution in [0.25, 0.3) is 0 Å². The Bertz CT molecular complexity index is 510. The predicted molar refractivity (Wildman–Crippen MR) is 86.2 cm³/mol. The Labute approximate surface area is 128 Å². The second-order valence-electron chi connectivity index (χ2n) is 6.26. The largest absolute Gasteiger partial charge is 0.389 e. The number of benzene rings is 1. The molecule has 0 bridgehead atoms. The maximum absolute atomic E-state index is 9.99. The average molecular weight is 286 g/mol. The van der Waals surface area contributed by atoms with E-state index in [0.717, 1.165) is 17.2 Å². The zero-order valence-electron chi connectivity index (χ0n) is 13.3. The van der Waals surface area contributed by atoms with Gasteiger partial charge in [-0.3, -0.25) is 0 Å². The SMILES string of the molecule is CCC1CCC(N(C)c2cc(C#N)ccc2[C@H](C)O)CC1. The molecule has 0 radical (unpaired) electrons. The van der Waals surface area contributed by atoms with Gasteiger partial charge in [-0.15, -0.1) is 0 Å². The standard InChI is InChI=1S/C18H26N2O/c1-4-14-5-8-16(9-6-14)20(3)18-11-15(12-19)7-10-17(18)13(2)21/h7,10-11,13-14,16,21H,4-6,8-9H2,1-3H3/t13-,14?,16?/m0/s1. The molecule has 0 unspecified atom stereocenters. The molecule has 1 saturated carbocycles. The Morgan fingerprint density at radius 3 is 2.52 bits per heavy atom. The van der Waals surface area contributed by atoms with Crippen LogP contribution in [0.2, 0.25) is 0 Å². The number of aliphatic hydroxyl groups excluding tert-OH is 1. The van der Waals surface area contributed by atoms with Crippen molar-refractivity contribution >= 4 is 5.69 Å². The average Bonchev–Trinajstić information content (AvgIpc) is 2.53. The fraction of sp³-hybridized carbons (Fsp3) is 0.611. The van der Waals surface area contributed by atoms with Crippen LogP contribution < -0.4 is 4.90 Å². The van der Waals surface area contributed by atoms with E-state index in [9.17, 15) is 5.11 Å². The molecule has 0 heterocycles. The zero-order chi connectivity index (χ0) is 15.4. The molecule has 1 aliphatic rings. The molecule has 1 atom stereocenters. The summed E-state index contributed by atoms with van der Waals surface area (Å²) < 4.78 is 0. The molecule has 1 fully saturated rings. The Morgan fingerprint density at radius 1 is 1.33 bits per heavy atom. The molecule has 1 aliphatic carbocycles. The Morgan fingerprint density at radius 2 is 2.00 bits per heavy atom. The van der Waals surface area contributed by atoms with Gasteiger partial charge >= 0.3 is 0 Å². The summed E-state index contributed by atoms with van der Waals surface area (Å²) in [6.07, 6.45) is 5.73. The van der Waals surface area contributed by atoms with Crippen molar-refractivity contribution in [3.05, 3.63) is 29.3 Å². The maximum Gasteiger partial charge on any atom is 0.0992 e. The molecule has 3 nitrogen and oxygen atoms in total. The predicted octanol–water partition coefficient (Wildman–Crippen LogP) is 4.02. The van der Waals surface area contributed by atoms with Gasteiger partial charge in [0.05, 0.1) is 17.7 Å². The summed E-state index contributed by atoms with van der Waals surface area (Å²) in [6.45, 7) is 4.06. The second-order valence-corrected chi connectivity index (χ2v) is 6.26. The molecule has 1 aromatic carbocycles. The van der Waals surface area contributed by atoms with Crippen LogP contribution >= 0.6 is 0 Å². The van der Waals surface area contributed by atoms with Crippen LogP contribution in [0.3, 0.4) is 0 Å². The van der Waals surface area contributed by atoms with Crippen molar-refractivity contribution in [1.29, 1.82) is 5.26 Å².